The molecular formula is C11H8BrF3IN2P. The third kappa shape index (κ3) is 2.42. The van der Waals surface area contributed by atoms with Gasteiger partial charge in [-0.2, -0.15) is 18.3 Å². The molecule has 0 aliphatic heterocycles. The van der Waals surface area contributed by atoms with E-state index in [-0.39, 0.29) is 12.3 Å². The maximum absolute atomic E-state index is 13.2. The van der Waals surface area contributed by atoms with Crippen molar-refractivity contribution in [2.75, 3.05) is 0 Å². The zero-order valence-electron chi connectivity index (χ0n) is 9.43. The van der Waals surface area contributed by atoms with Gasteiger partial charge in [-0.15, -0.1) is 0 Å². The maximum atomic E-state index is 13.2. The molecule has 1 saturated carbocycles. The molecule has 0 amide bonds. The molecule has 0 spiro atoms. The molecule has 0 radical (unpaired) electrons. The first-order chi connectivity index (χ1) is 8.93. The molecule has 19 heavy (non-hydrogen) atoms. The van der Waals surface area contributed by atoms with Crippen molar-refractivity contribution < 1.29 is 13.2 Å². The average molecular weight is 463 g/mol. The van der Waals surface area contributed by atoms with Gasteiger partial charge in [0.25, 0.3) is 0 Å². The van der Waals surface area contributed by atoms with E-state index in [9.17, 15) is 13.2 Å². The van der Waals surface area contributed by atoms with Crippen molar-refractivity contribution in [1.82, 2.24) is 9.55 Å². The average Bonchev–Trinajstić information content (AvgIpc) is 3.07. The predicted molar refractivity (Wildman–Crippen MR) is 82.1 cm³/mol. The van der Waals surface area contributed by atoms with E-state index in [1.165, 1.54) is 6.07 Å². The second kappa shape index (κ2) is 4.84. The SMILES string of the molecule is FC(F)(F)c1cc2c(cnn2PI)c(Br)c1C1CC1. The van der Waals surface area contributed by atoms with Crippen LogP contribution in [-0.4, -0.2) is 9.55 Å². The van der Waals surface area contributed by atoms with E-state index in [4.69, 9.17) is 0 Å². The number of benzene rings is 1. The van der Waals surface area contributed by atoms with Crippen molar-refractivity contribution in [3.63, 3.8) is 0 Å². The molecule has 102 valence electrons. The van der Waals surface area contributed by atoms with E-state index in [0.29, 0.717) is 15.6 Å². The number of rotatable bonds is 2. The molecule has 1 heterocycles. The van der Waals surface area contributed by atoms with E-state index in [2.05, 4.69) is 43.1 Å². The molecule has 8 heteroatoms. The van der Waals surface area contributed by atoms with Gasteiger partial charge >= 0.3 is 6.18 Å². The van der Waals surface area contributed by atoms with Crippen molar-refractivity contribution in [1.29, 1.82) is 0 Å². The Morgan fingerprint density at radius 3 is 2.63 bits per heavy atom. The molecule has 3 rings (SSSR count). The van der Waals surface area contributed by atoms with Gasteiger partial charge in [0.05, 0.1) is 23.7 Å². The van der Waals surface area contributed by atoms with Crippen molar-refractivity contribution in [3.8, 4) is 0 Å². The quantitative estimate of drug-likeness (QED) is 0.426. The van der Waals surface area contributed by atoms with Crippen molar-refractivity contribution in [2.45, 2.75) is 24.9 Å². The van der Waals surface area contributed by atoms with Gasteiger partial charge in [0.2, 0.25) is 0 Å². The summed E-state index contributed by atoms with van der Waals surface area (Å²) in [5, 5.41) is 4.91. The van der Waals surface area contributed by atoms with Crippen LogP contribution in [-0.2, 0) is 6.18 Å². The first kappa shape index (κ1) is 14.1. The highest BCUT2D eigenvalue weighted by atomic mass is 127. The zero-order chi connectivity index (χ0) is 13.8. The fraction of sp³-hybridized carbons (Fsp3) is 0.364. The summed E-state index contributed by atoms with van der Waals surface area (Å²) in [6.07, 6.45) is -0.749. The second-order valence-corrected chi connectivity index (χ2v) is 7.33. The summed E-state index contributed by atoms with van der Waals surface area (Å²) in [6.45, 7) is 0. The Balaban J connectivity index is 2.34. The van der Waals surface area contributed by atoms with Crippen LogP contribution < -0.4 is 0 Å². The summed E-state index contributed by atoms with van der Waals surface area (Å²) < 4.78 is 41.9. The Morgan fingerprint density at radius 2 is 2.11 bits per heavy atom. The third-order valence-electron chi connectivity index (χ3n) is 3.22. The lowest BCUT2D eigenvalue weighted by atomic mass is 10.0. The van der Waals surface area contributed by atoms with Crippen LogP contribution in [0.1, 0.15) is 29.9 Å². The number of aromatic nitrogens is 2. The Hall–Kier alpha value is 0.120. The fourth-order valence-corrected chi connectivity index (χ4v) is 4.59. The topological polar surface area (TPSA) is 17.8 Å². The normalized spacial score (nSPS) is 16.9. The van der Waals surface area contributed by atoms with E-state index < -0.39 is 11.7 Å². The molecule has 1 unspecified atom stereocenters. The molecule has 1 aromatic heterocycles. The Morgan fingerprint density at radius 1 is 1.42 bits per heavy atom. The molecule has 1 fully saturated rings. The van der Waals surface area contributed by atoms with Crippen molar-refractivity contribution in [2.24, 2.45) is 0 Å². The van der Waals surface area contributed by atoms with Gasteiger partial charge in [0.1, 0.15) is 0 Å². The van der Waals surface area contributed by atoms with Crippen LogP contribution in [0.25, 0.3) is 10.9 Å². The van der Waals surface area contributed by atoms with Gasteiger partial charge < -0.3 is 0 Å². The number of halogens is 5. The Bertz CT molecular complexity index is 651. The minimum absolute atomic E-state index is 0.0285. The molecule has 2 nitrogen and oxygen atoms in total. The van der Waals surface area contributed by atoms with E-state index >= 15 is 0 Å². The first-order valence-electron chi connectivity index (χ1n) is 5.57. The second-order valence-electron chi connectivity index (χ2n) is 4.50. The number of hydrogen-bond donors (Lipinski definition) is 0. The highest BCUT2D eigenvalue weighted by Crippen LogP contribution is 2.51. The summed E-state index contributed by atoms with van der Waals surface area (Å²) in [7, 11) is 0. The Kier molecular flexibility index (Phi) is 3.59. The smallest absolute Gasteiger partial charge is 0.237 e. The van der Waals surface area contributed by atoms with Gasteiger partial charge in [-0.05, 0) is 68.4 Å². The lowest BCUT2D eigenvalue weighted by Gasteiger charge is -2.15. The number of hydrogen-bond acceptors (Lipinski definition) is 1. The molecule has 0 saturated heterocycles. The van der Waals surface area contributed by atoms with Crippen LogP contribution in [0, 0.1) is 0 Å². The van der Waals surface area contributed by atoms with Crippen LogP contribution in [0.2, 0.25) is 0 Å². The van der Waals surface area contributed by atoms with Crippen molar-refractivity contribution >= 4 is 55.2 Å². The molecular weight excluding hydrogens is 455 g/mol. The fourth-order valence-electron chi connectivity index (χ4n) is 2.22. The van der Waals surface area contributed by atoms with Gasteiger partial charge in [0, 0.05) is 9.86 Å². The minimum Gasteiger partial charge on any atom is -0.237 e. The molecule has 0 N–H and O–H groups in total. The zero-order valence-corrected chi connectivity index (χ0v) is 14.2. The molecule has 1 aliphatic carbocycles. The van der Waals surface area contributed by atoms with E-state index in [0.717, 1.165) is 18.2 Å². The summed E-state index contributed by atoms with van der Waals surface area (Å²) in [4.78, 5) is 0. The monoisotopic (exact) mass is 462 g/mol. The summed E-state index contributed by atoms with van der Waals surface area (Å²) in [6, 6.07) is 1.24. The molecule has 0 bridgehead atoms. The maximum Gasteiger partial charge on any atom is 0.416 e. The van der Waals surface area contributed by atoms with Crippen LogP contribution >= 0.6 is 44.3 Å². The van der Waals surface area contributed by atoms with Gasteiger partial charge in [0.15, 0.2) is 0 Å². The highest BCUT2D eigenvalue weighted by Gasteiger charge is 2.40. The molecule has 2 aromatic rings. The first-order valence-corrected chi connectivity index (χ1v) is 10.4. The number of alkyl halides is 3. The van der Waals surface area contributed by atoms with E-state index in [1.54, 1.807) is 10.6 Å². The largest absolute Gasteiger partial charge is 0.416 e. The molecule has 1 aromatic carbocycles. The van der Waals surface area contributed by atoms with Gasteiger partial charge in [-0.1, -0.05) is 0 Å². The summed E-state index contributed by atoms with van der Waals surface area (Å²) in [5.74, 6) is 0.0285. The molecule has 1 atom stereocenters. The van der Waals surface area contributed by atoms with Crippen molar-refractivity contribution in [3.05, 3.63) is 27.9 Å². The highest BCUT2D eigenvalue weighted by molar-refractivity contribution is 14.2. The summed E-state index contributed by atoms with van der Waals surface area (Å²) >= 11 is 5.46. The number of nitrogens with zero attached hydrogens (tertiary/aromatic N) is 2. The van der Waals surface area contributed by atoms with Gasteiger partial charge in [-0.3, -0.25) is 0 Å². The van der Waals surface area contributed by atoms with Gasteiger partial charge in [-0.25, -0.2) is 4.45 Å². The third-order valence-corrected chi connectivity index (χ3v) is 5.96. The predicted octanol–water partition coefficient (Wildman–Crippen LogP) is 5.49. The van der Waals surface area contributed by atoms with Crippen LogP contribution in [0.3, 0.4) is 0 Å². The lowest BCUT2D eigenvalue weighted by molar-refractivity contribution is -0.138. The number of fused-ring (bicyclic) bond motifs is 1. The van der Waals surface area contributed by atoms with Crippen LogP contribution in [0.5, 0.6) is 0 Å². The standard InChI is InChI=1S/C11H8BrF3IN2P/c12-10-6-4-17-18(19-16)8(6)3-7(11(13,14)15)9(10)5-1-2-5/h3-5,19H,1-2H2. The van der Waals surface area contributed by atoms with Crippen LogP contribution in [0.4, 0.5) is 13.2 Å². The Labute approximate surface area is 130 Å². The molecule has 1 aliphatic rings. The van der Waals surface area contributed by atoms with Crippen LogP contribution in [0.15, 0.2) is 16.7 Å². The summed E-state index contributed by atoms with van der Waals surface area (Å²) in [5.41, 5.74) is 0.415. The lowest BCUT2D eigenvalue weighted by Crippen LogP contribution is -2.09. The minimum atomic E-state index is -4.32. The van der Waals surface area contributed by atoms with E-state index in [1.807, 2.05) is 0 Å².